The van der Waals surface area contributed by atoms with E-state index < -0.39 is 0 Å². The Morgan fingerprint density at radius 2 is 2.07 bits per heavy atom. The molecular formula is C13H19NO. The van der Waals surface area contributed by atoms with Crippen LogP contribution >= 0.6 is 0 Å². The normalized spacial score (nSPS) is 27.9. The number of piperidine rings is 1. The fourth-order valence-corrected chi connectivity index (χ4v) is 2.23. The maximum Gasteiger partial charge on any atom is 0.0693 e. The van der Waals surface area contributed by atoms with Crippen LogP contribution in [0.25, 0.3) is 0 Å². The van der Waals surface area contributed by atoms with Crippen molar-refractivity contribution < 1.29 is 5.11 Å². The SMILES string of the molecule is C[C@H]1[C@H](O)CCCN1Cc1ccccc1. The molecule has 0 amide bonds. The third-order valence-corrected chi connectivity index (χ3v) is 3.31. The van der Waals surface area contributed by atoms with Gasteiger partial charge >= 0.3 is 0 Å². The van der Waals surface area contributed by atoms with E-state index in [2.05, 4.69) is 36.1 Å². The van der Waals surface area contributed by atoms with Crippen LogP contribution in [0.15, 0.2) is 30.3 Å². The highest BCUT2D eigenvalue weighted by molar-refractivity contribution is 5.14. The lowest BCUT2D eigenvalue weighted by Crippen LogP contribution is -2.45. The van der Waals surface area contributed by atoms with E-state index in [-0.39, 0.29) is 6.10 Å². The van der Waals surface area contributed by atoms with Gasteiger partial charge in [-0.25, -0.2) is 0 Å². The average Bonchev–Trinajstić information content (AvgIpc) is 2.26. The molecule has 15 heavy (non-hydrogen) atoms. The maximum absolute atomic E-state index is 9.78. The first-order valence-corrected chi connectivity index (χ1v) is 5.73. The summed E-state index contributed by atoms with van der Waals surface area (Å²) in [6.07, 6.45) is 1.91. The first-order valence-electron chi connectivity index (χ1n) is 5.73. The van der Waals surface area contributed by atoms with Gasteiger partial charge in [0.05, 0.1) is 6.10 Å². The van der Waals surface area contributed by atoms with Crippen LogP contribution < -0.4 is 0 Å². The molecule has 1 aliphatic rings. The lowest BCUT2D eigenvalue weighted by molar-refractivity contribution is 0.0157. The quantitative estimate of drug-likeness (QED) is 0.798. The molecule has 2 heteroatoms. The van der Waals surface area contributed by atoms with Crippen LogP contribution in [0.5, 0.6) is 0 Å². The summed E-state index contributed by atoms with van der Waals surface area (Å²) in [6, 6.07) is 10.8. The van der Waals surface area contributed by atoms with E-state index in [1.165, 1.54) is 5.56 Å². The molecule has 2 atom stereocenters. The van der Waals surface area contributed by atoms with Gasteiger partial charge in [0.15, 0.2) is 0 Å². The summed E-state index contributed by atoms with van der Waals surface area (Å²) in [7, 11) is 0. The van der Waals surface area contributed by atoms with Gasteiger partial charge < -0.3 is 5.11 Å². The van der Waals surface area contributed by atoms with E-state index in [4.69, 9.17) is 0 Å². The van der Waals surface area contributed by atoms with Crippen LogP contribution in [-0.2, 0) is 6.54 Å². The first kappa shape index (κ1) is 10.7. The molecule has 1 heterocycles. The summed E-state index contributed by atoms with van der Waals surface area (Å²) in [6.45, 7) is 4.18. The molecule has 1 aromatic rings. The number of aliphatic hydroxyl groups excluding tert-OH is 1. The minimum Gasteiger partial charge on any atom is -0.392 e. The Labute approximate surface area is 91.5 Å². The van der Waals surface area contributed by atoms with Crippen molar-refractivity contribution in [3.05, 3.63) is 35.9 Å². The van der Waals surface area contributed by atoms with E-state index in [9.17, 15) is 5.11 Å². The van der Waals surface area contributed by atoms with Gasteiger partial charge in [-0.2, -0.15) is 0 Å². The third kappa shape index (κ3) is 2.58. The summed E-state index contributed by atoms with van der Waals surface area (Å²) in [4.78, 5) is 2.36. The van der Waals surface area contributed by atoms with E-state index in [0.29, 0.717) is 6.04 Å². The number of benzene rings is 1. The molecule has 2 rings (SSSR count). The summed E-state index contributed by atoms with van der Waals surface area (Å²) >= 11 is 0. The second-order valence-electron chi connectivity index (χ2n) is 4.41. The summed E-state index contributed by atoms with van der Waals surface area (Å²) in [5, 5.41) is 9.78. The lowest BCUT2D eigenvalue weighted by atomic mass is 9.99. The molecule has 2 nitrogen and oxygen atoms in total. The molecule has 0 saturated carbocycles. The molecule has 0 aliphatic carbocycles. The Morgan fingerprint density at radius 1 is 1.33 bits per heavy atom. The Balaban J connectivity index is 1.99. The topological polar surface area (TPSA) is 23.5 Å². The first-order chi connectivity index (χ1) is 7.27. The van der Waals surface area contributed by atoms with Gasteiger partial charge in [0.25, 0.3) is 0 Å². The highest BCUT2D eigenvalue weighted by atomic mass is 16.3. The van der Waals surface area contributed by atoms with Crippen molar-refractivity contribution in [2.75, 3.05) is 6.54 Å². The fourth-order valence-electron chi connectivity index (χ4n) is 2.23. The van der Waals surface area contributed by atoms with Gasteiger partial charge in [-0.15, -0.1) is 0 Å². The maximum atomic E-state index is 9.78. The summed E-state index contributed by atoms with van der Waals surface area (Å²) in [5.41, 5.74) is 1.33. The zero-order valence-corrected chi connectivity index (χ0v) is 9.26. The molecule has 1 aromatic carbocycles. The lowest BCUT2D eigenvalue weighted by Gasteiger charge is -2.36. The zero-order chi connectivity index (χ0) is 10.7. The standard InChI is InChI=1S/C13H19NO/c1-11-13(15)8-5-9-14(11)10-12-6-3-2-4-7-12/h2-4,6-7,11,13,15H,5,8-10H2,1H3/t11-,13+/m0/s1. The Kier molecular flexibility index (Phi) is 3.39. The second kappa shape index (κ2) is 4.77. The molecule has 0 aromatic heterocycles. The molecule has 82 valence electrons. The molecule has 0 spiro atoms. The van der Waals surface area contributed by atoms with Crippen LogP contribution in [0.4, 0.5) is 0 Å². The minimum atomic E-state index is -0.150. The number of nitrogens with zero attached hydrogens (tertiary/aromatic N) is 1. The third-order valence-electron chi connectivity index (χ3n) is 3.31. The molecule has 1 saturated heterocycles. The van der Waals surface area contributed by atoms with Crippen LogP contribution in [0, 0.1) is 0 Å². The van der Waals surface area contributed by atoms with Gasteiger partial charge in [-0.3, -0.25) is 4.90 Å². The highest BCUT2D eigenvalue weighted by Gasteiger charge is 2.25. The van der Waals surface area contributed by atoms with E-state index in [0.717, 1.165) is 25.9 Å². The van der Waals surface area contributed by atoms with Crippen LogP contribution in [0.2, 0.25) is 0 Å². The van der Waals surface area contributed by atoms with Crippen LogP contribution in [-0.4, -0.2) is 28.7 Å². The van der Waals surface area contributed by atoms with Crippen molar-refractivity contribution in [2.45, 2.75) is 38.5 Å². The summed E-state index contributed by atoms with van der Waals surface area (Å²) in [5.74, 6) is 0. The van der Waals surface area contributed by atoms with Crippen molar-refractivity contribution >= 4 is 0 Å². The average molecular weight is 205 g/mol. The number of hydrogen-bond donors (Lipinski definition) is 1. The van der Waals surface area contributed by atoms with Crippen LogP contribution in [0.3, 0.4) is 0 Å². The number of likely N-dealkylation sites (tertiary alicyclic amines) is 1. The van der Waals surface area contributed by atoms with Gasteiger partial charge in [0, 0.05) is 12.6 Å². The van der Waals surface area contributed by atoms with Gasteiger partial charge in [0.1, 0.15) is 0 Å². The van der Waals surface area contributed by atoms with Crippen molar-refractivity contribution in [2.24, 2.45) is 0 Å². The van der Waals surface area contributed by atoms with E-state index in [1.807, 2.05) is 6.07 Å². The Morgan fingerprint density at radius 3 is 2.80 bits per heavy atom. The van der Waals surface area contributed by atoms with E-state index >= 15 is 0 Å². The Hall–Kier alpha value is -0.860. The molecule has 0 bridgehead atoms. The number of aliphatic hydroxyl groups is 1. The number of rotatable bonds is 2. The predicted molar refractivity (Wildman–Crippen MR) is 61.6 cm³/mol. The molecule has 0 unspecified atom stereocenters. The Bertz CT molecular complexity index is 299. The molecule has 1 fully saturated rings. The van der Waals surface area contributed by atoms with Crippen molar-refractivity contribution in [3.8, 4) is 0 Å². The van der Waals surface area contributed by atoms with Gasteiger partial charge in [-0.1, -0.05) is 30.3 Å². The van der Waals surface area contributed by atoms with Crippen molar-refractivity contribution in [1.82, 2.24) is 4.90 Å². The highest BCUT2D eigenvalue weighted by Crippen LogP contribution is 2.19. The minimum absolute atomic E-state index is 0.150. The van der Waals surface area contributed by atoms with Gasteiger partial charge in [-0.05, 0) is 31.9 Å². The van der Waals surface area contributed by atoms with Crippen molar-refractivity contribution in [1.29, 1.82) is 0 Å². The molecule has 1 aliphatic heterocycles. The number of hydrogen-bond acceptors (Lipinski definition) is 2. The molecule has 1 N–H and O–H groups in total. The fraction of sp³-hybridized carbons (Fsp3) is 0.538. The summed E-state index contributed by atoms with van der Waals surface area (Å²) < 4.78 is 0. The second-order valence-corrected chi connectivity index (χ2v) is 4.41. The van der Waals surface area contributed by atoms with Crippen molar-refractivity contribution in [3.63, 3.8) is 0 Å². The largest absolute Gasteiger partial charge is 0.392 e. The zero-order valence-electron chi connectivity index (χ0n) is 9.26. The monoisotopic (exact) mass is 205 g/mol. The van der Waals surface area contributed by atoms with E-state index in [1.54, 1.807) is 0 Å². The predicted octanol–water partition coefficient (Wildman–Crippen LogP) is 2.03. The smallest absolute Gasteiger partial charge is 0.0693 e. The molecule has 0 radical (unpaired) electrons. The van der Waals surface area contributed by atoms with Crippen LogP contribution in [0.1, 0.15) is 25.3 Å². The van der Waals surface area contributed by atoms with Gasteiger partial charge in [0.2, 0.25) is 0 Å². The molecular weight excluding hydrogens is 186 g/mol.